The lowest BCUT2D eigenvalue weighted by Crippen LogP contribution is -2.29. The molecule has 1 aromatic carbocycles. The normalized spacial score (nSPS) is 10.4. The third-order valence-electron chi connectivity index (χ3n) is 2.86. The molecule has 19 heavy (non-hydrogen) atoms. The number of hydrogen-bond donors (Lipinski definition) is 1. The van der Waals surface area contributed by atoms with Crippen LogP contribution in [0.25, 0.3) is 0 Å². The first-order chi connectivity index (χ1) is 9.17. The molecular weight excluding hydrogens is 258 g/mol. The molecule has 3 nitrogen and oxygen atoms in total. The van der Waals surface area contributed by atoms with Crippen LogP contribution >= 0.6 is 11.8 Å². The highest BCUT2D eigenvalue weighted by Crippen LogP contribution is 2.24. The van der Waals surface area contributed by atoms with Gasteiger partial charge in [-0.15, -0.1) is 0 Å². The fourth-order valence-corrected chi connectivity index (χ4v) is 2.46. The average molecular weight is 281 g/mol. The largest absolute Gasteiger partial charge is 0.508 e. The molecule has 0 saturated carbocycles. The summed E-state index contributed by atoms with van der Waals surface area (Å²) in [5.41, 5.74) is 0. The first-order valence-electron chi connectivity index (χ1n) is 6.93. The quantitative estimate of drug-likeness (QED) is 0.748. The lowest BCUT2D eigenvalue weighted by Gasteiger charge is -2.21. The van der Waals surface area contributed by atoms with Crippen molar-refractivity contribution in [2.24, 2.45) is 0 Å². The van der Waals surface area contributed by atoms with E-state index in [2.05, 4.69) is 13.8 Å². The van der Waals surface area contributed by atoms with Crippen molar-refractivity contribution < 1.29 is 9.90 Å². The van der Waals surface area contributed by atoms with Crippen molar-refractivity contribution in [3.05, 3.63) is 24.3 Å². The van der Waals surface area contributed by atoms with Gasteiger partial charge in [0, 0.05) is 18.0 Å². The molecule has 0 aliphatic carbocycles. The zero-order chi connectivity index (χ0) is 14.1. The number of amides is 1. The van der Waals surface area contributed by atoms with E-state index in [1.807, 2.05) is 4.90 Å². The van der Waals surface area contributed by atoms with Crippen LogP contribution in [0, 0.1) is 0 Å². The lowest BCUT2D eigenvalue weighted by atomic mass is 10.3. The maximum absolute atomic E-state index is 12.2. The summed E-state index contributed by atoms with van der Waals surface area (Å²) in [7, 11) is 0. The second kappa shape index (κ2) is 8.86. The topological polar surface area (TPSA) is 40.5 Å². The van der Waals surface area contributed by atoms with Crippen LogP contribution in [0.15, 0.2) is 29.2 Å². The van der Waals surface area contributed by atoms with E-state index in [4.69, 9.17) is 0 Å². The van der Waals surface area contributed by atoms with E-state index in [1.54, 1.807) is 24.3 Å². The third kappa shape index (κ3) is 6.01. The zero-order valence-corrected chi connectivity index (χ0v) is 12.6. The molecule has 0 spiro atoms. The van der Waals surface area contributed by atoms with Crippen molar-refractivity contribution in [2.45, 2.75) is 44.4 Å². The maximum atomic E-state index is 12.2. The van der Waals surface area contributed by atoms with E-state index in [9.17, 15) is 9.90 Å². The van der Waals surface area contributed by atoms with Gasteiger partial charge >= 0.3 is 0 Å². The fourth-order valence-electron chi connectivity index (χ4n) is 1.67. The number of phenols is 1. The standard InChI is InChI=1S/C15H23NO2S/c1-3-5-11-16(12-6-4-2)15(18)19-14-9-7-13(17)8-10-14/h7-10,17H,3-6,11-12H2,1-2H3. The Bertz CT molecular complexity index is 370. The Hall–Kier alpha value is -1.16. The second-order valence-electron chi connectivity index (χ2n) is 4.56. The number of rotatable bonds is 7. The number of unbranched alkanes of at least 4 members (excludes halogenated alkanes) is 2. The Balaban J connectivity index is 2.56. The Morgan fingerprint density at radius 2 is 1.63 bits per heavy atom. The van der Waals surface area contributed by atoms with Gasteiger partial charge in [-0.25, -0.2) is 0 Å². The molecule has 4 heteroatoms. The summed E-state index contributed by atoms with van der Waals surface area (Å²) in [6, 6.07) is 6.77. The van der Waals surface area contributed by atoms with Crippen molar-refractivity contribution in [1.82, 2.24) is 4.90 Å². The van der Waals surface area contributed by atoms with Gasteiger partial charge in [-0.2, -0.15) is 0 Å². The smallest absolute Gasteiger partial charge is 0.286 e. The summed E-state index contributed by atoms with van der Waals surface area (Å²) in [5.74, 6) is 0.227. The first kappa shape index (κ1) is 15.9. The molecule has 0 heterocycles. The number of carbonyl (C=O) groups is 1. The maximum Gasteiger partial charge on any atom is 0.286 e. The molecule has 0 aliphatic rings. The highest BCUT2D eigenvalue weighted by atomic mass is 32.2. The van der Waals surface area contributed by atoms with Crippen LogP contribution in [-0.2, 0) is 0 Å². The highest BCUT2D eigenvalue weighted by molar-refractivity contribution is 8.13. The number of phenolic OH excluding ortho intramolecular Hbond substituents is 1. The van der Waals surface area contributed by atoms with Gasteiger partial charge < -0.3 is 10.0 Å². The van der Waals surface area contributed by atoms with E-state index in [1.165, 1.54) is 11.8 Å². The van der Waals surface area contributed by atoms with Gasteiger partial charge in [-0.1, -0.05) is 26.7 Å². The highest BCUT2D eigenvalue weighted by Gasteiger charge is 2.13. The molecule has 0 radical (unpaired) electrons. The first-order valence-corrected chi connectivity index (χ1v) is 7.74. The fraction of sp³-hybridized carbons (Fsp3) is 0.533. The van der Waals surface area contributed by atoms with Gasteiger partial charge in [0.15, 0.2) is 0 Å². The summed E-state index contributed by atoms with van der Waals surface area (Å²) in [4.78, 5) is 15.0. The molecule has 0 saturated heterocycles. The minimum Gasteiger partial charge on any atom is -0.508 e. The summed E-state index contributed by atoms with van der Waals surface area (Å²) < 4.78 is 0. The predicted molar refractivity (Wildman–Crippen MR) is 80.7 cm³/mol. The number of carbonyl (C=O) groups excluding carboxylic acids is 1. The zero-order valence-electron chi connectivity index (χ0n) is 11.8. The predicted octanol–water partition coefficient (Wildman–Crippen LogP) is 4.51. The van der Waals surface area contributed by atoms with Crippen molar-refractivity contribution >= 4 is 17.0 Å². The average Bonchev–Trinajstić information content (AvgIpc) is 2.41. The van der Waals surface area contributed by atoms with Gasteiger partial charge in [0.25, 0.3) is 5.24 Å². The molecule has 0 aliphatic heterocycles. The van der Waals surface area contributed by atoms with Crippen molar-refractivity contribution in [2.75, 3.05) is 13.1 Å². The minimum absolute atomic E-state index is 0.104. The minimum atomic E-state index is 0.104. The van der Waals surface area contributed by atoms with Crippen molar-refractivity contribution in [3.8, 4) is 5.75 Å². The molecule has 0 bridgehead atoms. The van der Waals surface area contributed by atoms with Crippen LogP contribution in [-0.4, -0.2) is 28.3 Å². The number of benzene rings is 1. The number of nitrogens with zero attached hydrogens (tertiary/aromatic N) is 1. The van der Waals surface area contributed by atoms with Crippen LogP contribution in [0.1, 0.15) is 39.5 Å². The monoisotopic (exact) mass is 281 g/mol. The van der Waals surface area contributed by atoms with Gasteiger partial charge in [-0.05, 0) is 48.9 Å². The SMILES string of the molecule is CCCCN(CCCC)C(=O)Sc1ccc(O)cc1. The number of thioether (sulfide) groups is 1. The van der Waals surface area contributed by atoms with Crippen molar-refractivity contribution in [1.29, 1.82) is 0 Å². The summed E-state index contributed by atoms with van der Waals surface area (Å²) >= 11 is 1.24. The molecule has 1 amide bonds. The second-order valence-corrected chi connectivity index (χ2v) is 5.58. The van der Waals surface area contributed by atoms with Crippen LogP contribution in [0.2, 0.25) is 0 Å². The van der Waals surface area contributed by atoms with Gasteiger partial charge in [-0.3, -0.25) is 4.79 Å². The molecule has 0 aromatic heterocycles. The van der Waals surface area contributed by atoms with Crippen molar-refractivity contribution in [3.63, 3.8) is 0 Å². The Labute approximate surface area is 120 Å². The Morgan fingerprint density at radius 3 is 2.11 bits per heavy atom. The Morgan fingerprint density at radius 1 is 1.11 bits per heavy atom. The van der Waals surface area contributed by atoms with Crippen LogP contribution < -0.4 is 0 Å². The summed E-state index contributed by atoms with van der Waals surface area (Å²) in [6.07, 6.45) is 4.29. The molecule has 0 fully saturated rings. The van der Waals surface area contributed by atoms with E-state index in [-0.39, 0.29) is 11.0 Å². The van der Waals surface area contributed by atoms with E-state index in [0.29, 0.717) is 0 Å². The molecule has 1 rings (SSSR count). The summed E-state index contributed by atoms with van der Waals surface area (Å²) in [6.45, 7) is 5.94. The lowest BCUT2D eigenvalue weighted by molar-refractivity contribution is 0.221. The van der Waals surface area contributed by atoms with E-state index in [0.717, 1.165) is 43.7 Å². The molecular formula is C15H23NO2S. The van der Waals surface area contributed by atoms with Gasteiger partial charge in [0.05, 0.1) is 0 Å². The molecule has 1 N–H and O–H groups in total. The third-order valence-corrected chi connectivity index (χ3v) is 3.80. The molecule has 1 aromatic rings. The van der Waals surface area contributed by atoms with E-state index < -0.39 is 0 Å². The number of hydrogen-bond acceptors (Lipinski definition) is 3. The van der Waals surface area contributed by atoms with Crippen LogP contribution in [0.5, 0.6) is 5.75 Å². The van der Waals surface area contributed by atoms with E-state index >= 15 is 0 Å². The summed E-state index contributed by atoms with van der Waals surface area (Å²) in [5, 5.41) is 9.33. The molecule has 106 valence electrons. The van der Waals surface area contributed by atoms with Gasteiger partial charge in [0.2, 0.25) is 0 Å². The van der Waals surface area contributed by atoms with Crippen LogP contribution in [0.3, 0.4) is 0 Å². The molecule has 0 atom stereocenters. The number of aromatic hydroxyl groups is 1. The Kier molecular flexibility index (Phi) is 7.41. The molecule has 0 unspecified atom stereocenters. The van der Waals surface area contributed by atoms with Gasteiger partial charge in [0.1, 0.15) is 5.75 Å². The van der Waals surface area contributed by atoms with Crippen LogP contribution in [0.4, 0.5) is 4.79 Å².